The highest BCUT2D eigenvalue weighted by molar-refractivity contribution is 7.99. The number of aliphatic hydroxyl groups is 1. The zero-order valence-corrected chi connectivity index (χ0v) is 12.5. The number of carbonyl (C=O) groups is 1. The lowest BCUT2D eigenvalue weighted by Crippen LogP contribution is -2.40. The summed E-state index contributed by atoms with van der Waals surface area (Å²) in [5.41, 5.74) is 0.725. The molecule has 0 aromatic heterocycles. The van der Waals surface area contributed by atoms with Gasteiger partial charge in [-0.2, -0.15) is 11.8 Å². The highest BCUT2D eigenvalue weighted by Gasteiger charge is 2.16. The summed E-state index contributed by atoms with van der Waals surface area (Å²) in [5, 5.41) is 12.0. The summed E-state index contributed by atoms with van der Waals surface area (Å²) in [4.78, 5) is 11.7. The van der Waals surface area contributed by atoms with Crippen LogP contribution in [0.15, 0.2) is 30.3 Å². The maximum Gasteiger partial charge on any atom is 0.224 e. The molecule has 3 nitrogen and oxygen atoms in total. The minimum atomic E-state index is -0.295. The fraction of sp³-hybridized carbons (Fsp3) is 0.400. The van der Waals surface area contributed by atoms with Crippen molar-refractivity contribution >= 4 is 23.7 Å². The highest BCUT2D eigenvalue weighted by atomic mass is 32.2. The summed E-state index contributed by atoms with van der Waals surface area (Å²) < 4.78 is 13.0. The van der Waals surface area contributed by atoms with Gasteiger partial charge in [0.2, 0.25) is 5.91 Å². The predicted molar refractivity (Wildman–Crippen MR) is 82.0 cm³/mol. The molecule has 0 saturated heterocycles. The first kappa shape index (κ1) is 16.7. The Bertz CT molecular complexity index is 461. The molecule has 1 rings (SSSR count). The number of halogens is 1. The van der Waals surface area contributed by atoms with Gasteiger partial charge in [-0.25, -0.2) is 4.39 Å². The summed E-state index contributed by atoms with van der Waals surface area (Å²) in [6.45, 7) is 1.90. The maximum absolute atomic E-state index is 13.0. The van der Waals surface area contributed by atoms with Gasteiger partial charge in [0, 0.05) is 17.7 Å². The van der Waals surface area contributed by atoms with Crippen LogP contribution in [-0.4, -0.2) is 35.2 Å². The molecule has 20 heavy (non-hydrogen) atoms. The van der Waals surface area contributed by atoms with Gasteiger partial charge in [-0.15, -0.1) is 0 Å². The van der Waals surface area contributed by atoms with Crippen LogP contribution in [0.4, 0.5) is 4.39 Å². The monoisotopic (exact) mass is 297 g/mol. The van der Waals surface area contributed by atoms with Crippen molar-refractivity contribution in [3.63, 3.8) is 0 Å². The second-order valence-electron chi connectivity index (χ2n) is 4.47. The Kier molecular flexibility index (Phi) is 7.33. The number of carbonyl (C=O) groups excluding carboxylic acids is 1. The fourth-order valence-electron chi connectivity index (χ4n) is 1.75. The molecule has 0 heterocycles. The average molecular weight is 297 g/mol. The van der Waals surface area contributed by atoms with E-state index in [1.165, 1.54) is 23.9 Å². The van der Waals surface area contributed by atoms with E-state index < -0.39 is 0 Å². The van der Waals surface area contributed by atoms with Crippen LogP contribution >= 0.6 is 11.8 Å². The standard InChI is InChI=1S/C15H20FNO2S/c1-11(14(10-18)20-2)17-15(19)8-4-6-12-5-3-7-13(16)9-12/h3-7,9,11,14,18H,8,10H2,1-2H3,(H,17,19)/b6-4+. The molecule has 0 aliphatic carbocycles. The van der Waals surface area contributed by atoms with Crippen LogP contribution in [0.1, 0.15) is 18.9 Å². The number of aliphatic hydroxyl groups excluding tert-OH is 1. The normalized spacial score (nSPS) is 14.2. The Morgan fingerprint density at radius 1 is 1.55 bits per heavy atom. The molecule has 110 valence electrons. The van der Waals surface area contributed by atoms with Crippen LogP contribution in [0, 0.1) is 5.82 Å². The number of hydrogen-bond acceptors (Lipinski definition) is 3. The minimum Gasteiger partial charge on any atom is -0.395 e. The third-order valence-corrected chi connectivity index (χ3v) is 4.05. The summed E-state index contributed by atoms with van der Waals surface area (Å²) >= 11 is 1.52. The number of nitrogens with one attached hydrogen (secondary N) is 1. The molecule has 2 unspecified atom stereocenters. The zero-order chi connectivity index (χ0) is 15.0. The Labute approximate surface area is 123 Å². The fourth-order valence-corrected chi connectivity index (χ4v) is 2.38. The van der Waals surface area contributed by atoms with E-state index in [4.69, 9.17) is 5.11 Å². The number of thioether (sulfide) groups is 1. The van der Waals surface area contributed by atoms with E-state index in [2.05, 4.69) is 5.32 Å². The minimum absolute atomic E-state index is 0.00820. The third kappa shape index (κ3) is 5.75. The molecule has 1 aromatic carbocycles. The molecular formula is C15H20FNO2S. The van der Waals surface area contributed by atoms with Crippen molar-refractivity contribution in [3.8, 4) is 0 Å². The van der Waals surface area contributed by atoms with Crippen molar-refractivity contribution in [2.24, 2.45) is 0 Å². The van der Waals surface area contributed by atoms with Gasteiger partial charge in [0.05, 0.1) is 6.61 Å². The molecule has 0 saturated carbocycles. The van der Waals surface area contributed by atoms with Gasteiger partial charge in [0.25, 0.3) is 0 Å². The number of amides is 1. The van der Waals surface area contributed by atoms with Gasteiger partial charge in [-0.3, -0.25) is 4.79 Å². The molecule has 0 aliphatic rings. The molecule has 1 amide bonds. The van der Waals surface area contributed by atoms with E-state index in [1.54, 1.807) is 24.3 Å². The second-order valence-corrected chi connectivity index (χ2v) is 5.55. The van der Waals surface area contributed by atoms with E-state index >= 15 is 0 Å². The largest absolute Gasteiger partial charge is 0.395 e. The Balaban J connectivity index is 2.43. The smallest absolute Gasteiger partial charge is 0.224 e. The molecule has 1 aromatic rings. The van der Waals surface area contributed by atoms with Crippen molar-refractivity contribution in [1.82, 2.24) is 5.32 Å². The molecule has 0 radical (unpaired) electrons. The lowest BCUT2D eigenvalue weighted by molar-refractivity contribution is -0.120. The van der Waals surface area contributed by atoms with Gasteiger partial charge in [0.1, 0.15) is 5.82 Å². The van der Waals surface area contributed by atoms with E-state index in [0.29, 0.717) is 0 Å². The topological polar surface area (TPSA) is 49.3 Å². The first-order valence-corrected chi connectivity index (χ1v) is 7.70. The number of rotatable bonds is 7. The van der Waals surface area contributed by atoms with Gasteiger partial charge in [-0.05, 0) is 30.9 Å². The van der Waals surface area contributed by atoms with Gasteiger partial charge in [0.15, 0.2) is 0 Å². The summed E-state index contributed by atoms with van der Waals surface area (Å²) in [6, 6.07) is 6.09. The van der Waals surface area contributed by atoms with Crippen LogP contribution in [0.2, 0.25) is 0 Å². The van der Waals surface area contributed by atoms with Gasteiger partial charge in [-0.1, -0.05) is 24.3 Å². The van der Waals surface area contributed by atoms with Crippen molar-refractivity contribution in [3.05, 3.63) is 41.7 Å². The summed E-state index contributed by atoms with van der Waals surface area (Å²) in [7, 11) is 0. The second kappa shape index (κ2) is 8.76. The van der Waals surface area contributed by atoms with E-state index in [-0.39, 0.29) is 36.0 Å². The lowest BCUT2D eigenvalue weighted by atomic mass is 10.2. The van der Waals surface area contributed by atoms with E-state index in [9.17, 15) is 9.18 Å². The molecule has 0 spiro atoms. The molecule has 0 bridgehead atoms. The third-order valence-electron chi connectivity index (χ3n) is 2.89. The van der Waals surface area contributed by atoms with Crippen molar-refractivity contribution in [2.45, 2.75) is 24.6 Å². The molecule has 2 N–H and O–H groups in total. The van der Waals surface area contributed by atoms with E-state index in [1.807, 2.05) is 13.2 Å². The lowest BCUT2D eigenvalue weighted by Gasteiger charge is -2.20. The molecule has 2 atom stereocenters. The Morgan fingerprint density at radius 3 is 2.90 bits per heavy atom. The van der Waals surface area contributed by atoms with Crippen LogP contribution in [0.3, 0.4) is 0 Å². The van der Waals surface area contributed by atoms with Crippen molar-refractivity contribution in [1.29, 1.82) is 0 Å². The van der Waals surface area contributed by atoms with Crippen LogP contribution in [0.5, 0.6) is 0 Å². The van der Waals surface area contributed by atoms with Crippen LogP contribution < -0.4 is 5.32 Å². The molecular weight excluding hydrogens is 277 g/mol. The summed E-state index contributed by atoms with van der Waals surface area (Å²) in [6.07, 6.45) is 5.54. The average Bonchev–Trinajstić information content (AvgIpc) is 2.40. The molecule has 0 fully saturated rings. The highest BCUT2D eigenvalue weighted by Crippen LogP contribution is 2.10. The Hall–Kier alpha value is -1.33. The number of benzene rings is 1. The zero-order valence-electron chi connectivity index (χ0n) is 11.7. The Morgan fingerprint density at radius 2 is 2.30 bits per heavy atom. The molecule has 0 aliphatic heterocycles. The van der Waals surface area contributed by atoms with Crippen LogP contribution in [0.25, 0.3) is 6.08 Å². The predicted octanol–water partition coefficient (Wildman–Crippen LogP) is 2.46. The van der Waals surface area contributed by atoms with E-state index in [0.717, 1.165) is 5.56 Å². The van der Waals surface area contributed by atoms with Gasteiger partial charge >= 0.3 is 0 Å². The first-order valence-electron chi connectivity index (χ1n) is 6.42. The molecule has 5 heteroatoms. The quantitative estimate of drug-likeness (QED) is 0.813. The maximum atomic E-state index is 13.0. The van der Waals surface area contributed by atoms with Crippen LogP contribution in [-0.2, 0) is 4.79 Å². The van der Waals surface area contributed by atoms with Crippen molar-refractivity contribution < 1.29 is 14.3 Å². The SMILES string of the molecule is CSC(CO)C(C)NC(=O)C/C=C/c1cccc(F)c1. The number of hydrogen-bond donors (Lipinski definition) is 2. The van der Waals surface area contributed by atoms with Gasteiger partial charge < -0.3 is 10.4 Å². The summed E-state index contributed by atoms with van der Waals surface area (Å²) in [5.74, 6) is -0.409. The first-order chi connectivity index (χ1) is 9.56. The van der Waals surface area contributed by atoms with Crippen molar-refractivity contribution in [2.75, 3.05) is 12.9 Å².